The summed E-state index contributed by atoms with van der Waals surface area (Å²) in [5.41, 5.74) is 1.01. The van der Waals surface area contributed by atoms with Crippen molar-refractivity contribution >= 4 is 33.5 Å². The molecule has 0 aliphatic carbocycles. The Kier molecular flexibility index (Phi) is 7.25. The van der Waals surface area contributed by atoms with Crippen LogP contribution in [-0.2, 0) is 22.7 Å². The molecule has 36 heavy (non-hydrogen) atoms. The van der Waals surface area contributed by atoms with Gasteiger partial charge in [-0.2, -0.15) is 17.9 Å². The Bertz CT molecular complexity index is 1350. The topological polar surface area (TPSA) is 100 Å². The maximum absolute atomic E-state index is 12.8. The number of alkyl halides is 3. The van der Waals surface area contributed by atoms with Gasteiger partial charge in [0.25, 0.3) is 0 Å². The fourth-order valence-corrected chi connectivity index (χ4v) is 4.50. The van der Waals surface area contributed by atoms with Crippen LogP contribution in [0.4, 0.5) is 23.8 Å². The second-order valence-corrected chi connectivity index (χ2v) is 10.5. The van der Waals surface area contributed by atoms with Gasteiger partial charge in [0, 0.05) is 67.3 Å². The van der Waals surface area contributed by atoms with E-state index in [1.54, 1.807) is 11.0 Å². The molecule has 0 atom stereocenters. The first kappa shape index (κ1) is 25.9. The van der Waals surface area contributed by atoms with Gasteiger partial charge in [0.15, 0.2) is 5.82 Å². The van der Waals surface area contributed by atoms with Gasteiger partial charge >= 0.3 is 12.2 Å². The van der Waals surface area contributed by atoms with E-state index in [0.29, 0.717) is 48.9 Å². The molecule has 0 spiro atoms. The van der Waals surface area contributed by atoms with E-state index in [2.05, 4.69) is 19.7 Å². The lowest BCUT2D eigenvalue weighted by atomic mass is 10.0. The molecular weight excluding hydrogens is 521 g/mol. The summed E-state index contributed by atoms with van der Waals surface area (Å²) in [5, 5.41) is 4.37. The highest BCUT2D eigenvalue weighted by molar-refractivity contribution is 7.92. The molecule has 4 rings (SSSR count). The second kappa shape index (κ2) is 10.1. The Morgan fingerprint density at radius 1 is 1.11 bits per heavy atom. The van der Waals surface area contributed by atoms with Crippen molar-refractivity contribution in [3.05, 3.63) is 65.1 Å². The second-order valence-electron chi connectivity index (χ2n) is 8.31. The molecule has 1 fully saturated rings. The molecule has 3 heterocycles. The molecule has 0 saturated carbocycles. The van der Waals surface area contributed by atoms with E-state index in [0.717, 1.165) is 28.8 Å². The number of nitrogens with one attached hydrogen (secondary N) is 1. The van der Waals surface area contributed by atoms with E-state index in [9.17, 15) is 26.4 Å². The number of hydrogen-bond donors (Lipinski definition) is 1. The number of aromatic nitrogens is 3. The van der Waals surface area contributed by atoms with Crippen molar-refractivity contribution in [1.82, 2.24) is 24.6 Å². The van der Waals surface area contributed by atoms with Crippen molar-refractivity contribution < 1.29 is 26.4 Å². The summed E-state index contributed by atoms with van der Waals surface area (Å²) in [6, 6.07) is 8.68. The van der Waals surface area contributed by atoms with Gasteiger partial charge in [0.05, 0.1) is 6.26 Å². The van der Waals surface area contributed by atoms with Gasteiger partial charge in [-0.25, -0.2) is 13.2 Å². The predicted molar refractivity (Wildman–Crippen MR) is 128 cm³/mol. The monoisotopic (exact) mass is 542 g/mol. The number of sulfonamides is 1. The minimum absolute atomic E-state index is 0.0614. The number of anilines is 1. The fourth-order valence-electron chi connectivity index (χ4n) is 3.79. The molecule has 0 bridgehead atoms. The molecule has 0 unspecified atom stereocenters. The summed E-state index contributed by atoms with van der Waals surface area (Å²) >= 11 is 6.30. The number of carbonyl (C=O) groups excluding carboxylic acids is 1. The van der Waals surface area contributed by atoms with Crippen molar-refractivity contribution in [2.45, 2.75) is 12.7 Å². The van der Waals surface area contributed by atoms with Crippen LogP contribution in [0.5, 0.6) is 0 Å². The molecule has 1 aromatic carbocycles. The molecule has 9 nitrogen and oxygen atoms in total. The average molecular weight is 543 g/mol. The third-order valence-corrected chi connectivity index (χ3v) is 6.43. The molecular formula is C22H22ClF3N6O3S. The van der Waals surface area contributed by atoms with Crippen molar-refractivity contribution in [2.75, 3.05) is 37.2 Å². The third kappa shape index (κ3) is 6.33. The molecule has 0 radical (unpaired) electrons. The lowest BCUT2D eigenvalue weighted by Gasteiger charge is -2.34. The Labute approximate surface area is 210 Å². The van der Waals surface area contributed by atoms with E-state index in [-0.39, 0.29) is 11.8 Å². The first-order valence-electron chi connectivity index (χ1n) is 10.8. The Balaban J connectivity index is 1.37. The Morgan fingerprint density at radius 3 is 2.44 bits per heavy atom. The lowest BCUT2D eigenvalue weighted by molar-refractivity contribution is -0.141. The number of hydrogen-bond acceptors (Lipinski definition) is 6. The largest absolute Gasteiger partial charge is 0.433 e. The van der Waals surface area contributed by atoms with E-state index in [1.807, 2.05) is 12.1 Å². The molecule has 2 aromatic heterocycles. The minimum atomic E-state index is -4.51. The molecule has 1 amide bonds. The fraction of sp³-hybridized carbons (Fsp3) is 0.318. The van der Waals surface area contributed by atoms with Gasteiger partial charge < -0.3 is 4.90 Å². The molecule has 1 aliphatic rings. The van der Waals surface area contributed by atoms with Crippen molar-refractivity contribution in [3.8, 4) is 11.1 Å². The summed E-state index contributed by atoms with van der Waals surface area (Å²) in [6.07, 6.45) is -0.963. The van der Waals surface area contributed by atoms with Gasteiger partial charge in [0.1, 0.15) is 5.69 Å². The zero-order valence-corrected chi connectivity index (χ0v) is 20.6. The quantitative estimate of drug-likeness (QED) is 0.527. The third-order valence-electron chi connectivity index (χ3n) is 5.52. The molecule has 3 aromatic rings. The zero-order chi connectivity index (χ0) is 26.1. The van der Waals surface area contributed by atoms with Gasteiger partial charge in [-0.05, 0) is 23.8 Å². The molecule has 1 aliphatic heterocycles. The normalized spacial score (nSPS) is 15.2. The van der Waals surface area contributed by atoms with Gasteiger partial charge in [-0.3, -0.25) is 14.6 Å². The van der Waals surface area contributed by atoms with Crippen molar-refractivity contribution in [1.29, 1.82) is 0 Å². The number of halogens is 4. The Hall–Kier alpha value is -3.16. The van der Waals surface area contributed by atoms with Crippen LogP contribution in [0.3, 0.4) is 0 Å². The van der Waals surface area contributed by atoms with Crippen LogP contribution in [-0.4, -0.2) is 71.4 Å². The van der Waals surface area contributed by atoms with E-state index in [1.165, 1.54) is 18.3 Å². The predicted octanol–water partition coefficient (Wildman–Crippen LogP) is 3.77. The van der Waals surface area contributed by atoms with E-state index in [4.69, 9.17) is 11.6 Å². The van der Waals surface area contributed by atoms with Crippen LogP contribution in [0.1, 0.15) is 11.3 Å². The highest BCUT2D eigenvalue weighted by Crippen LogP contribution is 2.32. The smallest absolute Gasteiger partial charge is 0.320 e. The van der Waals surface area contributed by atoms with Crippen LogP contribution in [0.15, 0.2) is 48.8 Å². The van der Waals surface area contributed by atoms with Crippen LogP contribution >= 0.6 is 11.6 Å². The van der Waals surface area contributed by atoms with Crippen LogP contribution < -0.4 is 4.72 Å². The van der Waals surface area contributed by atoms with Gasteiger partial charge in [0.2, 0.25) is 10.0 Å². The van der Waals surface area contributed by atoms with Crippen molar-refractivity contribution in [2.24, 2.45) is 0 Å². The van der Waals surface area contributed by atoms with Crippen LogP contribution in [0.2, 0.25) is 5.02 Å². The van der Waals surface area contributed by atoms with Crippen molar-refractivity contribution in [3.63, 3.8) is 0 Å². The molecule has 14 heteroatoms. The number of carbonyl (C=O) groups is 1. The number of nitrogens with zero attached hydrogens (tertiary/aromatic N) is 5. The van der Waals surface area contributed by atoms with E-state index < -0.39 is 21.9 Å². The van der Waals surface area contributed by atoms with Gasteiger partial charge in [-0.15, -0.1) is 5.10 Å². The SMILES string of the molecule is CS(=O)(=O)Nc1ccn(C(=O)N2CCN(Cc3ccc(Cl)c(-c4ccc(C(F)(F)F)nc4)c3)CC2)n1. The van der Waals surface area contributed by atoms with E-state index >= 15 is 0 Å². The molecule has 192 valence electrons. The first-order valence-corrected chi connectivity index (χ1v) is 13.0. The number of benzene rings is 1. The maximum atomic E-state index is 12.8. The van der Waals surface area contributed by atoms with Crippen LogP contribution in [0.25, 0.3) is 11.1 Å². The summed E-state index contributed by atoms with van der Waals surface area (Å²) < 4.78 is 64.4. The number of amides is 1. The number of piperazine rings is 1. The lowest BCUT2D eigenvalue weighted by Crippen LogP contribution is -2.49. The zero-order valence-electron chi connectivity index (χ0n) is 19.0. The molecule has 1 N–H and O–H groups in total. The molecule has 1 saturated heterocycles. The summed E-state index contributed by atoms with van der Waals surface area (Å²) in [7, 11) is -3.50. The van der Waals surface area contributed by atoms with Crippen LogP contribution in [0, 0.1) is 0 Å². The minimum Gasteiger partial charge on any atom is -0.320 e. The highest BCUT2D eigenvalue weighted by Gasteiger charge is 2.32. The summed E-state index contributed by atoms with van der Waals surface area (Å²) in [5.74, 6) is 0.0614. The standard InChI is InChI=1S/C22H22ClF3N6O3S/c1-36(34,35)29-20-6-7-32(28-20)21(33)31-10-8-30(9-11-31)14-15-2-4-18(23)17(12-15)16-3-5-19(27-13-16)22(24,25)26/h2-7,12-13H,8-11,14H2,1H3,(H,28,29). The number of rotatable bonds is 5. The number of pyridine rings is 1. The highest BCUT2D eigenvalue weighted by atomic mass is 35.5. The first-order chi connectivity index (χ1) is 16.9. The Morgan fingerprint density at radius 2 is 1.83 bits per heavy atom. The van der Waals surface area contributed by atoms with Gasteiger partial charge in [-0.1, -0.05) is 23.7 Å². The average Bonchev–Trinajstić information content (AvgIpc) is 3.26. The summed E-state index contributed by atoms with van der Waals surface area (Å²) in [4.78, 5) is 20.0. The maximum Gasteiger partial charge on any atom is 0.433 e. The summed E-state index contributed by atoms with van der Waals surface area (Å²) in [6.45, 7) is 2.61.